The minimum absolute atomic E-state index is 0.152. The first kappa shape index (κ1) is 19.5. The molecular formula is C20H24FN3O2S. The minimum Gasteiger partial charge on any atom is -0.351 e. The first-order valence-corrected chi connectivity index (χ1v) is 10.2. The largest absolute Gasteiger partial charge is 0.351 e. The summed E-state index contributed by atoms with van der Waals surface area (Å²) in [5.41, 5.74) is 1.46. The average molecular weight is 389 g/mol. The molecule has 1 saturated heterocycles. The van der Waals surface area contributed by atoms with Gasteiger partial charge in [-0.15, -0.1) is 11.3 Å². The third kappa shape index (κ3) is 5.13. The molecule has 0 saturated carbocycles. The van der Waals surface area contributed by atoms with Crippen LogP contribution in [0.25, 0.3) is 10.6 Å². The molecule has 5 nitrogen and oxygen atoms in total. The van der Waals surface area contributed by atoms with Crippen LogP contribution in [-0.4, -0.2) is 41.3 Å². The summed E-state index contributed by atoms with van der Waals surface area (Å²) in [6, 6.07) is 6.09. The van der Waals surface area contributed by atoms with E-state index >= 15 is 0 Å². The molecular weight excluding hydrogens is 365 g/mol. The molecule has 1 aromatic carbocycles. The van der Waals surface area contributed by atoms with Crippen LogP contribution in [0.2, 0.25) is 0 Å². The molecule has 0 radical (unpaired) electrons. The van der Waals surface area contributed by atoms with Crippen molar-refractivity contribution in [1.82, 2.24) is 15.2 Å². The van der Waals surface area contributed by atoms with Crippen LogP contribution in [0.5, 0.6) is 0 Å². The number of aryl methyl sites for hydroxylation is 1. The maximum absolute atomic E-state index is 13.1. The van der Waals surface area contributed by atoms with E-state index in [4.69, 9.17) is 0 Å². The van der Waals surface area contributed by atoms with Gasteiger partial charge in [-0.05, 0) is 50.5 Å². The number of carbonyl (C=O) groups excluding carboxylic acids is 2. The predicted octanol–water partition coefficient (Wildman–Crippen LogP) is 3.78. The number of amides is 2. The van der Waals surface area contributed by atoms with Crippen molar-refractivity contribution in [2.45, 2.75) is 39.0 Å². The van der Waals surface area contributed by atoms with Crippen molar-refractivity contribution in [3.8, 4) is 10.6 Å². The predicted molar refractivity (Wildman–Crippen MR) is 104 cm³/mol. The van der Waals surface area contributed by atoms with Crippen molar-refractivity contribution in [2.24, 2.45) is 0 Å². The van der Waals surface area contributed by atoms with Gasteiger partial charge in [0.1, 0.15) is 15.7 Å². The highest BCUT2D eigenvalue weighted by Gasteiger charge is 2.18. The van der Waals surface area contributed by atoms with E-state index in [0.717, 1.165) is 37.8 Å². The van der Waals surface area contributed by atoms with Crippen molar-refractivity contribution in [2.75, 3.05) is 19.6 Å². The molecule has 0 bridgehead atoms. The van der Waals surface area contributed by atoms with Gasteiger partial charge in [-0.25, -0.2) is 9.37 Å². The number of thiazole rings is 1. The lowest BCUT2D eigenvalue weighted by Crippen LogP contribution is -2.33. The van der Waals surface area contributed by atoms with Crippen molar-refractivity contribution in [3.63, 3.8) is 0 Å². The highest BCUT2D eigenvalue weighted by Crippen LogP contribution is 2.28. The number of carbonyl (C=O) groups is 2. The van der Waals surface area contributed by atoms with Crippen molar-refractivity contribution in [3.05, 3.63) is 40.7 Å². The molecule has 3 rings (SSSR count). The molecule has 0 aliphatic carbocycles. The summed E-state index contributed by atoms with van der Waals surface area (Å²) in [5, 5.41) is 3.62. The highest BCUT2D eigenvalue weighted by atomic mass is 32.1. The van der Waals surface area contributed by atoms with E-state index in [-0.39, 0.29) is 17.6 Å². The Labute approximate surface area is 162 Å². The molecule has 2 heterocycles. The smallest absolute Gasteiger partial charge is 0.263 e. The number of nitrogens with one attached hydrogen (secondary N) is 1. The number of halogens is 1. The van der Waals surface area contributed by atoms with Crippen molar-refractivity contribution >= 4 is 23.2 Å². The Morgan fingerprint density at radius 2 is 2.04 bits per heavy atom. The van der Waals surface area contributed by atoms with Gasteiger partial charge in [0.05, 0.1) is 5.69 Å². The van der Waals surface area contributed by atoms with E-state index in [2.05, 4.69) is 10.3 Å². The van der Waals surface area contributed by atoms with Gasteiger partial charge in [-0.3, -0.25) is 9.59 Å². The molecule has 27 heavy (non-hydrogen) atoms. The molecule has 1 N–H and O–H groups in total. The van der Waals surface area contributed by atoms with Crippen LogP contribution in [0, 0.1) is 12.7 Å². The molecule has 0 spiro atoms. The zero-order valence-corrected chi connectivity index (χ0v) is 16.3. The molecule has 2 aromatic rings. The highest BCUT2D eigenvalue weighted by molar-refractivity contribution is 7.17. The zero-order valence-electron chi connectivity index (χ0n) is 15.5. The Balaban J connectivity index is 1.52. The van der Waals surface area contributed by atoms with Crippen LogP contribution >= 0.6 is 11.3 Å². The van der Waals surface area contributed by atoms with E-state index in [1.165, 1.54) is 23.5 Å². The molecule has 1 aliphatic heterocycles. The number of likely N-dealkylation sites (tertiary alicyclic amines) is 1. The normalized spacial score (nSPS) is 14.9. The second kappa shape index (κ2) is 9.08. The molecule has 144 valence electrons. The lowest BCUT2D eigenvalue weighted by atomic mass is 10.2. The van der Waals surface area contributed by atoms with Crippen LogP contribution in [-0.2, 0) is 4.79 Å². The zero-order chi connectivity index (χ0) is 19.2. The van der Waals surface area contributed by atoms with Crippen LogP contribution in [0.1, 0.15) is 47.5 Å². The third-order valence-corrected chi connectivity index (χ3v) is 5.86. The van der Waals surface area contributed by atoms with Crippen LogP contribution in [0.15, 0.2) is 24.3 Å². The van der Waals surface area contributed by atoms with Gasteiger partial charge in [0.2, 0.25) is 5.91 Å². The summed E-state index contributed by atoms with van der Waals surface area (Å²) in [5.74, 6) is -0.227. The van der Waals surface area contributed by atoms with Gasteiger partial charge in [0.15, 0.2) is 0 Å². The Kier molecular flexibility index (Phi) is 6.55. The maximum atomic E-state index is 13.1. The van der Waals surface area contributed by atoms with E-state index in [1.54, 1.807) is 19.1 Å². The summed E-state index contributed by atoms with van der Waals surface area (Å²) >= 11 is 1.31. The number of nitrogens with zero attached hydrogens (tertiary/aromatic N) is 2. The average Bonchev–Trinajstić information content (AvgIpc) is 2.93. The second-order valence-electron chi connectivity index (χ2n) is 6.74. The number of hydrogen-bond donors (Lipinski definition) is 1. The third-order valence-electron chi connectivity index (χ3n) is 4.66. The monoisotopic (exact) mass is 389 g/mol. The molecule has 1 aliphatic rings. The Morgan fingerprint density at radius 1 is 1.26 bits per heavy atom. The summed E-state index contributed by atoms with van der Waals surface area (Å²) in [6.07, 6.45) is 4.52. The number of hydrogen-bond acceptors (Lipinski definition) is 4. The van der Waals surface area contributed by atoms with E-state index in [0.29, 0.717) is 35.1 Å². The van der Waals surface area contributed by atoms with Crippen molar-refractivity contribution in [1.29, 1.82) is 0 Å². The molecule has 7 heteroatoms. The lowest BCUT2D eigenvalue weighted by molar-refractivity contribution is -0.130. The first-order valence-electron chi connectivity index (χ1n) is 9.34. The van der Waals surface area contributed by atoms with Crippen LogP contribution in [0.4, 0.5) is 4.39 Å². The van der Waals surface area contributed by atoms with Gasteiger partial charge >= 0.3 is 0 Å². The molecule has 0 atom stereocenters. The minimum atomic E-state index is -0.298. The van der Waals surface area contributed by atoms with Gasteiger partial charge in [-0.1, -0.05) is 6.42 Å². The first-order chi connectivity index (χ1) is 13.0. The van der Waals surface area contributed by atoms with E-state index in [9.17, 15) is 14.0 Å². The number of rotatable bonds is 6. The Morgan fingerprint density at radius 3 is 2.81 bits per heavy atom. The maximum Gasteiger partial charge on any atom is 0.263 e. The quantitative estimate of drug-likeness (QED) is 0.765. The van der Waals surface area contributed by atoms with Gasteiger partial charge in [0.25, 0.3) is 5.91 Å². The molecule has 2 amide bonds. The fourth-order valence-corrected chi connectivity index (χ4v) is 4.14. The second-order valence-corrected chi connectivity index (χ2v) is 7.74. The van der Waals surface area contributed by atoms with E-state index < -0.39 is 0 Å². The Hall–Kier alpha value is -2.28. The topological polar surface area (TPSA) is 62.3 Å². The summed E-state index contributed by atoms with van der Waals surface area (Å²) in [4.78, 5) is 31.3. The molecule has 0 unspecified atom stereocenters. The van der Waals surface area contributed by atoms with Gasteiger partial charge in [0, 0.05) is 31.6 Å². The van der Waals surface area contributed by atoms with E-state index in [1.807, 2.05) is 4.90 Å². The summed E-state index contributed by atoms with van der Waals surface area (Å²) in [6.45, 7) is 3.82. The van der Waals surface area contributed by atoms with Gasteiger partial charge in [-0.2, -0.15) is 0 Å². The fraction of sp³-hybridized carbons (Fsp3) is 0.450. The lowest BCUT2D eigenvalue weighted by Gasteiger charge is -2.20. The SMILES string of the molecule is Cc1nc(-c2ccc(F)cc2)sc1C(=O)NCCCN1CCCCCC1=O. The molecule has 1 fully saturated rings. The van der Waals surface area contributed by atoms with Crippen molar-refractivity contribution < 1.29 is 14.0 Å². The Bertz CT molecular complexity index is 804. The summed E-state index contributed by atoms with van der Waals surface area (Å²) in [7, 11) is 0. The van der Waals surface area contributed by atoms with Crippen LogP contribution < -0.4 is 5.32 Å². The fourth-order valence-electron chi connectivity index (χ4n) is 3.15. The number of aromatic nitrogens is 1. The number of benzene rings is 1. The molecule has 1 aromatic heterocycles. The van der Waals surface area contributed by atoms with Gasteiger partial charge < -0.3 is 10.2 Å². The summed E-state index contributed by atoms with van der Waals surface area (Å²) < 4.78 is 13.1. The standard InChI is InChI=1S/C20H24FN3O2S/c1-14-18(27-20(23-14)15-7-9-16(21)10-8-15)19(26)22-11-5-13-24-12-4-2-3-6-17(24)25/h7-10H,2-6,11-13H2,1H3,(H,22,26). The van der Waals surface area contributed by atoms with Crippen LogP contribution in [0.3, 0.4) is 0 Å².